The Labute approximate surface area is 77.4 Å². The first-order valence-electron chi connectivity index (χ1n) is 4.10. The van der Waals surface area contributed by atoms with Crippen LogP contribution in [0, 0.1) is 11.3 Å². The molecular weight excluding hydrogens is 164 g/mol. The van der Waals surface area contributed by atoms with Crippen LogP contribution >= 0.6 is 0 Å². The molecule has 0 saturated heterocycles. The van der Waals surface area contributed by atoms with E-state index in [1.807, 2.05) is 12.1 Å². The van der Waals surface area contributed by atoms with Gasteiger partial charge in [-0.2, -0.15) is 5.26 Å². The summed E-state index contributed by atoms with van der Waals surface area (Å²) in [6.45, 7) is 1.72. The average Bonchev–Trinajstić information content (AvgIpc) is 2.03. The van der Waals surface area contributed by atoms with Crippen LogP contribution in [0.3, 0.4) is 0 Å². The molecule has 0 aromatic heterocycles. The summed E-state index contributed by atoms with van der Waals surface area (Å²) in [6.07, 6.45) is 0.183. The molecule has 13 heavy (non-hydrogen) atoms. The zero-order chi connectivity index (χ0) is 9.84. The minimum absolute atomic E-state index is 0.382. The van der Waals surface area contributed by atoms with Crippen LogP contribution in [0.2, 0.25) is 0 Å². The highest BCUT2D eigenvalue weighted by atomic mass is 16.3. The zero-order valence-electron chi connectivity index (χ0n) is 7.49. The molecule has 1 aromatic carbocycles. The lowest BCUT2D eigenvalue weighted by Gasteiger charge is -2.05. The number of hydrogen-bond donors (Lipinski definition) is 2. The zero-order valence-corrected chi connectivity index (χ0v) is 7.49. The third kappa shape index (κ3) is 2.46. The van der Waals surface area contributed by atoms with Crippen molar-refractivity contribution in [3.05, 3.63) is 29.3 Å². The molecule has 0 aliphatic heterocycles. The van der Waals surface area contributed by atoms with Crippen LogP contribution in [0.15, 0.2) is 18.2 Å². The van der Waals surface area contributed by atoms with Gasteiger partial charge in [-0.25, -0.2) is 0 Å². The van der Waals surface area contributed by atoms with E-state index < -0.39 is 0 Å². The van der Waals surface area contributed by atoms with Crippen LogP contribution in [-0.4, -0.2) is 11.2 Å². The Bertz CT molecular complexity index is 339. The highest BCUT2D eigenvalue weighted by Gasteiger charge is 2.02. The number of hydrogen-bond acceptors (Lipinski definition) is 3. The molecule has 0 aliphatic rings. The number of rotatable bonds is 2. The first-order chi connectivity index (χ1) is 6.13. The monoisotopic (exact) mass is 176 g/mol. The lowest BCUT2D eigenvalue weighted by Crippen LogP contribution is -2.04. The number of aliphatic hydroxyl groups is 1. The molecule has 1 atom stereocenters. The third-order valence-corrected chi connectivity index (χ3v) is 1.77. The van der Waals surface area contributed by atoms with Crippen molar-refractivity contribution >= 4 is 5.69 Å². The van der Waals surface area contributed by atoms with E-state index >= 15 is 0 Å². The van der Waals surface area contributed by atoms with Crippen molar-refractivity contribution in [2.24, 2.45) is 0 Å². The largest absolute Gasteiger partial charge is 0.398 e. The van der Waals surface area contributed by atoms with Crippen molar-refractivity contribution in [1.29, 1.82) is 5.26 Å². The molecule has 0 aliphatic carbocycles. The number of benzene rings is 1. The molecular formula is C10H12N2O. The lowest BCUT2D eigenvalue weighted by atomic mass is 10.1. The van der Waals surface area contributed by atoms with E-state index in [2.05, 4.69) is 0 Å². The first kappa shape index (κ1) is 9.56. The van der Waals surface area contributed by atoms with Crippen molar-refractivity contribution in [2.45, 2.75) is 19.4 Å². The van der Waals surface area contributed by atoms with Crippen molar-refractivity contribution in [3.8, 4) is 6.07 Å². The van der Waals surface area contributed by atoms with Crippen LogP contribution in [-0.2, 0) is 6.42 Å². The maximum atomic E-state index is 9.12. The Balaban J connectivity index is 2.91. The van der Waals surface area contributed by atoms with E-state index in [1.54, 1.807) is 19.1 Å². The summed E-state index contributed by atoms with van der Waals surface area (Å²) in [6, 6.07) is 7.20. The standard InChI is InChI=1S/C10H12N2O/c1-7(13)4-8-2-3-9(6-11)10(12)5-8/h2-3,5,7,13H,4,12H2,1H3. The molecule has 3 N–H and O–H groups in total. The Morgan fingerprint density at radius 2 is 2.31 bits per heavy atom. The Morgan fingerprint density at radius 3 is 2.77 bits per heavy atom. The van der Waals surface area contributed by atoms with E-state index in [0.29, 0.717) is 17.7 Å². The van der Waals surface area contributed by atoms with Gasteiger partial charge in [-0.05, 0) is 31.0 Å². The van der Waals surface area contributed by atoms with Gasteiger partial charge in [0.25, 0.3) is 0 Å². The second-order valence-electron chi connectivity index (χ2n) is 3.09. The van der Waals surface area contributed by atoms with E-state index in [1.165, 1.54) is 0 Å². The highest BCUT2D eigenvalue weighted by molar-refractivity contribution is 5.55. The third-order valence-electron chi connectivity index (χ3n) is 1.77. The maximum absolute atomic E-state index is 9.12. The number of nitrogens with two attached hydrogens (primary N) is 1. The predicted octanol–water partition coefficient (Wildman–Crippen LogP) is 1.06. The van der Waals surface area contributed by atoms with E-state index in [4.69, 9.17) is 16.1 Å². The Kier molecular flexibility index (Phi) is 2.88. The molecule has 0 heterocycles. The molecule has 3 heteroatoms. The van der Waals surface area contributed by atoms with Crippen LogP contribution in [0.5, 0.6) is 0 Å². The predicted molar refractivity (Wildman–Crippen MR) is 51.0 cm³/mol. The first-order valence-corrected chi connectivity index (χ1v) is 4.10. The SMILES string of the molecule is CC(O)Cc1ccc(C#N)c(N)c1. The minimum Gasteiger partial charge on any atom is -0.398 e. The average molecular weight is 176 g/mol. The van der Waals surface area contributed by atoms with Gasteiger partial charge in [0.05, 0.1) is 11.7 Å². The number of anilines is 1. The fraction of sp³-hybridized carbons (Fsp3) is 0.300. The van der Waals surface area contributed by atoms with E-state index in [-0.39, 0.29) is 6.10 Å². The van der Waals surface area contributed by atoms with Crippen LogP contribution in [0.1, 0.15) is 18.1 Å². The molecule has 1 aromatic rings. The van der Waals surface area contributed by atoms with Gasteiger partial charge in [0, 0.05) is 5.69 Å². The molecule has 0 amide bonds. The number of nitrogen functional groups attached to an aromatic ring is 1. The van der Waals surface area contributed by atoms with Gasteiger partial charge in [0.15, 0.2) is 0 Å². The van der Waals surface area contributed by atoms with Gasteiger partial charge in [-0.1, -0.05) is 6.07 Å². The van der Waals surface area contributed by atoms with Gasteiger partial charge in [0.1, 0.15) is 6.07 Å². The molecule has 3 nitrogen and oxygen atoms in total. The molecule has 1 rings (SSSR count). The number of nitrogens with zero attached hydrogens (tertiary/aromatic N) is 1. The normalized spacial score (nSPS) is 12.1. The minimum atomic E-state index is -0.382. The Hall–Kier alpha value is -1.53. The topological polar surface area (TPSA) is 70.0 Å². The van der Waals surface area contributed by atoms with Crippen LogP contribution in [0.4, 0.5) is 5.69 Å². The number of nitriles is 1. The fourth-order valence-corrected chi connectivity index (χ4v) is 1.18. The van der Waals surface area contributed by atoms with E-state index in [9.17, 15) is 0 Å². The molecule has 0 spiro atoms. The van der Waals surface area contributed by atoms with Gasteiger partial charge in [-0.15, -0.1) is 0 Å². The summed E-state index contributed by atoms with van der Waals surface area (Å²) >= 11 is 0. The summed E-state index contributed by atoms with van der Waals surface area (Å²) in [5.74, 6) is 0. The molecule has 0 bridgehead atoms. The summed E-state index contributed by atoms with van der Waals surface area (Å²) in [7, 11) is 0. The summed E-state index contributed by atoms with van der Waals surface area (Å²) in [5.41, 5.74) is 7.51. The molecule has 0 saturated carbocycles. The summed E-state index contributed by atoms with van der Waals surface area (Å²) in [5, 5.41) is 17.7. The van der Waals surface area contributed by atoms with Gasteiger partial charge >= 0.3 is 0 Å². The molecule has 0 fully saturated rings. The Morgan fingerprint density at radius 1 is 1.62 bits per heavy atom. The maximum Gasteiger partial charge on any atom is 0.101 e. The van der Waals surface area contributed by atoms with Gasteiger partial charge in [0.2, 0.25) is 0 Å². The second kappa shape index (κ2) is 3.92. The highest BCUT2D eigenvalue weighted by Crippen LogP contribution is 2.14. The van der Waals surface area contributed by atoms with Crippen molar-refractivity contribution in [1.82, 2.24) is 0 Å². The summed E-state index contributed by atoms with van der Waals surface area (Å²) in [4.78, 5) is 0. The van der Waals surface area contributed by atoms with Gasteiger partial charge < -0.3 is 10.8 Å². The van der Waals surface area contributed by atoms with E-state index in [0.717, 1.165) is 5.56 Å². The molecule has 1 unspecified atom stereocenters. The quantitative estimate of drug-likeness (QED) is 0.662. The molecule has 0 radical (unpaired) electrons. The van der Waals surface area contributed by atoms with Crippen molar-refractivity contribution < 1.29 is 5.11 Å². The lowest BCUT2D eigenvalue weighted by molar-refractivity contribution is 0.195. The summed E-state index contributed by atoms with van der Waals surface area (Å²) < 4.78 is 0. The van der Waals surface area contributed by atoms with Crippen molar-refractivity contribution in [2.75, 3.05) is 5.73 Å². The van der Waals surface area contributed by atoms with Crippen LogP contribution in [0.25, 0.3) is 0 Å². The smallest absolute Gasteiger partial charge is 0.101 e. The second-order valence-corrected chi connectivity index (χ2v) is 3.09. The van der Waals surface area contributed by atoms with Crippen molar-refractivity contribution in [3.63, 3.8) is 0 Å². The fourth-order valence-electron chi connectivity index (χ4n) is 1.18. The molecule has 68 valence electrons. The van der Waals surface area contributed by atoms with Crippen LogP contribution < -0.4 is 5.73 Å². The van der Waals surface area contributed by atoms with Gasteiger partial charge in [-0.3, -0.25) is 0 Å². The number of aliphatic hydroxyl groups excluding tert-OH is 1.